The SMILES string of the molecule is O=[N+]([O-])c1cc(Br)cnc1N1CCC(Cc2ccccc2)CC1. The van der Waals surface area contributed by atoms with E-state index in [9.17, 15) is 10.1 Å². The molecule has 1 aliphatic rings. The highest BCUT2D eigenvalue weighted by Crippen LogP contribution is 2.32. The fourth-order valence-corrected chi connectivity index (χ4v) is 3.41. The molecule has 0 aliphatic carbocycles. The van der Waals surface area contributed by atoms with Gasteiger partial charge in [0.2, 0.25) is 5.82 Å². The normalized spacial score (nSPS) is 15.6. The average Bonchev–Trinajstić information content (AvgIpc) is 2.56. The van der Waals surface area contributed by atoms with E-state index in [1.54, 1.807) is 6.20 Å². The largest absolute Gasteiger partial charge is 0.351 e. The highest BCUT2D eigenvalue weighted by Gasteiger charge is 2.26. The van der Waals surface area contributed by atoms with Crippen molar-refractivity contribution in [2.45, 2.75) is 19.3 Å². The van der Waals surface area contributed by atoms with Crippen molar-refractivity contribution in [1.29, 1.82) is 0 Å². The van der Waals surface area contributed by atoms with Crippen molar-refractivity contribution in [2.75, 3.05) is 18.0 Å². The Bertz CT molecular complexity index is 685. The van der Waals surface area contributed by atoms with Crippen molar-refractivity contribution in [2.24, 2.45) is 5.92 Å². The highest BCUT2D eigenvalue weighted by molar-refractivity contribution is 9.10. The third-order valence-corrected chi connectivity index (χ3v) is 4.73. The maximum absolute atomic E-state index is 11.2. The van der Waals surface area contributed by atoms with Crippen molar-refractivity contribution < 1.29 is 4.92 Å². The van der Waals surface area contributed by atoms with Crippen LogP contribution in [0, 0.1) is 16.0 Å². The molecule has 3 rings (SSSR count). The molecule has 1 fully saturated rings. The molecule has 1 saturated heterocycles. The summed E-state index contributed by atoms with van der Waals surface area (Å²) in [5.41, 5.74) is 1.43. The lowest BCUT2D eigenvalue weighted by Crippen LogP contribution is -2.35. The number of nitrogens with zero attached hydrogens (tertiary/aromatic N) is 3. The number of halogens is 1. The van der Waals surface area contributed by atoms with E-state index in [0.717, 1.165) is 32.4 Å². The minimum absolute atomic E-state index is 0.0703. The van der Waals surface area contributed by atoms with Gasteiger partial charge in [-0.2, -0.15) is 0 Å². The summed E-state index contributed by atoms with van der Waals surface area (Å²) in [6.45, 7) is 1.62. The molecule has 6 heteroatoms. The Morgan fingerprint density at radius 2 is 1.96 bits per heavy atom. The summed E-state index contributed by atoms with van der Waals surface area (Å²) < 4.78 is 0.631. The Balaban J connectivity index is 1.66. The van der Waals surface area contributed by atoms with Gasteiger partial charge < -0.3 is 4.90 Å². The molecule has 23 heavy (non-hydrogen) atoms. The first-order valence-corrected chi connectivity index (χ1v) is 8.51. The van der Waals surface area contributed by atoms with Gasteiger partial charge >= 0.3 is 5.69 Å². The van der Waals surface area contributed by atoms with Gasteiger partial charge in [-0.05, 0) is 46.7 Å². The van der Waals surface area contributed by atoms with E-state index >= 15 is 0 Å². The van der Waals surface area contributed by atoms with Crippen LogP contribution in [0.4, 0.5) is 11.5 Å². The summed E-state index contributed by atoms with van der Waals surface area (Å²) in [5.74, 6) is 1.11. The predicted molar refractivity (Wildman–Crippen MR) is 93.7 cm³/mol. The van der Waals surface area contributed by atoms with E-state index in [-0.39, 0.29) is 10.6 Å². The van der Waals surface area contributed by atoms with Crippen LogP contribution in [-0.2, 0) is 6.42 Å². The van der Waals surface area contributed by atoms with Crippen LogP contribution < -0.4 is 4.90 Å². The number of pyridine rings is 1. The van der Waals surface area contributed by atoms with Crippen molar-refractivity contribution in [3.8, 4) is 0 Å². The van der Waals surface area contributed by atoms with Crippen molar-refractivity contribution >= 4 is 27.4 Å². The number of rotatable bonds is 4. The summed E-state index contributed by atoms with van der Waals surface area (Å²) in [6.07, 6.45) is 4.76. The maximum atomic E-state index is 11.2. The molecule has 2 heterocycles. The van der Waals surface area contributed by atoms with Crippen LogP contribution in [0.5, 0.6) is 0 Å². The second kappa shape index (κ2) is 7.08. The van der Waals surface area contributed by atoms with Gasteiger partial charge in [0, 0.05) is 29.8 Å². The van der Waals surface area contributed by atoms with Crippen molar-refractivity contribution in [3.05, 3.63) is 62.7 Å². The molecule has 0 N–H and O–H groups in total. The van der Waals surface area contributed by atoms with Crippen LogP contribution >= 0.6 is 15.9 Å². The van der Waals surface area contributed by atoms with Crippen LogP contribution in [0.15, 0.2) is 47.1 Å². The minimum Gasteiger partial charge on any atom is -0.351 e. The maximum Gasteiger partial charge on any atom is 0.312 e. The fourth-order valence-electron chi connectivity index (χ4n) is 3.10. The van der Waals surface area contributed by atoms with Crippen molar-refractivity contribution in [1.82, 2.24) is 4.98 Å². The topological polar surface area (TPSA) is 59.3 Å². The second-order valence-electron chi connectivity index (χ2n) is 5.87. The van der Waals surface area contributed by atoms with Crippen LogP contribution in [0.3, 0.4) is 0 Å². The van der Waals surface area contributed by atoms with E-state index in [4.69, 9.17) is 0 Å². The molecule has 0 atom stereocenters. The zero-order valence-electron chi connectivity index (χ0n) is 12.7. The van der Waals surface area contributed by atoms with E-state index in [1.807, 2.05) is 11.0 Å². The molecule has 2 aromatic rings. The fraction of sp³-hybridized carbons (Fsp3) is 0.353. The summed E-state index contributed by atoms with van der Waals surface area (Å²) in [6, 6.07) is 12.0. The van der Waals surface area contributed by atoms with E-state index in [2.05, 4.69) is 45.2 Å². The highest BCUT2D eigenvalue weighted by atomic mass is 79.9. The lowest BCUT2D eigenvalue weighted by Gasteiger charge is -2.32. The van der Waals surface area contributed by atoms with Gasteiger partial charge in [-0.1, -0.05) is 30.3 Å². The first-order chi connectivity index (χ1) is 11.1. The van der Waals surface area contributed by atoms with E-state index < -0.39 is 0 Å². The smallest absolute Gasteiger partial charge is 0.312 e. The molecular formula is C17H18BrN3O2. The molecule has 1 aromatic heterocycles. The van der Waals surface area contributed by atoms with Gasteiger partial charge in [-0.15, -0.1) is 0 Å². The monoisotopic (exact) mass is 375 g/mol. The van der Waals surface area contributed by atoms with Gasteiger partial charge in [-0.3, -0.25) is 10.1 Å². The Hall–Kier alpha value is -1.95. The zero-order chi connectivity index (χ0) is 16.2. The lowest BCUT2D eigenvalue weighted by atomic mass is 9.90. The molecular weight excluding hydrogens is 358 g/mol. The zero-order valence-corrected chi connectivity index (χ0v) is 14.3. The van der Waals surface area contributed by atoms with E-state index in [0.29, 0.717) is 16.2 Å². The summed E-state index contributed by atoms with van der Waals surface area (Å²) in [5, 5.41) is 11.2. The quantitative estimate of drug-likeness (QED) is 0.593. The average molecular weight is 376 g/mol. The Morgan fingerprint density at radius 1 is 1.26 bits per heavy atom. The molecule has 1 aromatic carbocycles. The minimum atomic E-state index is -0.358. The Morgan fingerprint density at radius 3 is 2.61 bits per heavy atom. The second-order valence-corrected chi connectivity index (χ2v) is 6.79. The molecule has 5 nitrogen and oxygen atoms in total. The number of nitro groups is 1. The lowest BCUT2D eigenvalue weighted by molar-refractivity contribution is -0.384. The van der Waals surface area contributed by atoms with Crippen LogP contribution in [0.25, 0.3) is 0 Å². The number of aromatic nitrogens is 1. The molecule has 120 valence electrons. The van der Waals surface area contributed by atoms with Gasteiger partial charge in [0.15, 0.2) is 0 Å². The molecule has 0 spiro atoms. The number of benzene rings is 1. The summed E-state index contributed by atoms with van der Waals surface area (Å²) >= 11 is 3.25. The van der Waals surface area contributed by atoms with Gasteiger partial charge in [0.05, 0.1) is 4.92 Å². The molecule has 0 amide bonds. The van der Waals surface area contributed by atoms with Gasteiger partial charge in [-0.25, -0.2) is 4.98 Å². The van der Waals surface area contributed by atoms with Gasteiger partial charge in [0.25, 0.3) is 0 Å². The number of hydrogen-bond acceptors (Lipinski definition) is 4. The standard InChI is InChI=1S/C17H18BrN3O2/c18-15-11-16(21(22)23)17(19-12-15)20-8-6-14(7-9-20)10-13-4-2-1-3-5-13/h1-5,11-12,14H,6-10H2. The van der Waals surface area contributed by atoms with Crippen LogP contribution in [0.1, 0.15) is 18.4 Å². The van der Waals surface area contributed by atoms with Crippen LogP contribution in [-0.4, -0.2) is 23.0 Å². The number of piperidine rings is 1. The third kappa shape index (κ3) is 3.88. The number of hydrogen-bond donors (Lipinski definition) is 0. The molecule has 0 unspecified atom stereocenters. The molecule has 1 aliphatic heterocycles. The third-order valence-electron chi connectivity index (χ3n) is 4.29. The number of anilines is 1. The predicted octanol–water partition coefficient (Wildman–Crippen LogP) is 4.21. The summed E-state index contributed by atoms with van der Waals surface area (Å²) in [7, 11) is 0. The summed E-state index contributed by atoms with van der Waals surface area (Å²) in [4.78, 5) is 17.2. The molecule has 0 saturated carbocycles. The Labute approximate surface area is 143 Å². The first kappa shape index (κ1) is 15.9. The van der Waals surface area contributed by atoms with Gasteiger partial charge in [0.1, 0.15) is 0 Å². The molecule has 0 radical (unpaired) electrons. The van der Waals surface area contributed by atoms with E-state index in [1.165, 1.54) is 11.6 Å². The first-order valence-electron chi connectivity index (χ1n) is 7.72. The Kier molecular flexibility index (Phi) is 4.91. The van der Waals surface area contributed by atoms with Crippen LogP contribution in [0.2, 0.25) is 0 Å². The molecule has 0 bridgehead atoms. The van der Waals surface area contributed by atoms with Crippen molar-refractivity contribution in [3.63, 3.8) is 0 Å².